The number of benzene rings is 3. The third kappa shape index (κ3) is 7.90. The van der Waals surface area contributed by atoms with Crippen molar-refractivity contribution in [2.24, 2.45) is 0 Å². The zero-order valence-electron chi connectivity index (χ0n) is 24.4. The van der Waals surface area contributed by atoms with Crippen LogP contribution in [0.25, 0.3) is 0 Å². The molecule has 0 bridgehead atoms. The van der Waals surface area contributed by atoms with Crippen LogP contribution in [0.3, 0.4) is 0 Å². The molecule has 0 spiro atoms. The first-order valence-electron chi connectivity index (χ1n) is 13.4. The number of alkyl halides is 11. The van der Waals surface area contributed by atoms with Crippen LogP contribution < -0.4 is 14.8 Å². The number of amides is 1. The SMILES string of the molecule is CC(C)Oc1cc([C@@](Cc2ccccc2)(NC(=O)[C@@H](F)C(O)(C(F)(F)F)C(F)(F)F)c2cc(F)cc(OC(F)(F)C(F)F)c2)ccc1F. The molecule has 0 aromatic heterocycles. The third-order valence-corrected chi connectivity index (χ3v) is 6.77. The number of carbonyl (C=O) groups is 1. The molecule has 0 fully saturated rings. The van der Waals surface area contributed by atoms with Crippen LogP contribution in [0.4, 0.5) is 57.1 Å². The summed E-state index contributed by atoms with van der Waals surface area (Å²) in [6, 6.07) is 9.66. The molecule has 3 aromatic carbocycles. The average molecular weight is 709 g/mol. The molecule has 2 N–H and O–H groups in total. The van der Waals surface area contributed by atoms with Crippen molar-refractivity contribution in [1.82, 2.24) is 5.32 Å². The maximum Gasteiger partial charge on any atom is 0.461 e. The van der Waals surface area contributed by atoms with Gasteiger partial charge in [-0.3, -0.25) is 4.79 Å². The fraction of sp³-hybridized carbons (Fsp3) is 0.367. The summed E-state index contributed by atoms with van der Waals surface area (Å²) in [7, 11) is 0. The second-order valence-electron chi connectivity index (χ2n) is 10.6. The van der Waals surface area contributed by atoms with E-state index in [0.717, 1.165) is 12.1 Å². The molecule has 5 nitrogen and oxygen atoms in total. The molecule has 3 rings (SSSR count). The minimum Gasteiger partial charge on any atom is -0.488 e. The van der Waals surface area contributed by atoms with E-state index in [2.05, 4.69) is 4.74 Å². The number of hydrogen-bond donors (Lipinski definition) is 2. The summed E-state index contributed by atoms with van der Waals surface area (Å²) in [5.74, 6) is -7.56. The van der Waals surface area contributed by atoms with E-state index in [1.54, 1.807) is 5.32 Å². The quantitative estimate of drug-likeness (QED) is 0.189. The van der Waals surface area contributed by atoms with Gasteiger partial charge in [0.1, 0.15) is 11.6 Å². The van der Waals surface area contributed by atoms with E-state index in [-0.39, 0.29) is 11.6 Å². The standard InChI is InChI=1S/C30H24F13NO4/c1-15(2)47-22-12-17(8-9-21(22)32)26(14-16-6-4-3-5-7-16,18-10-19(31)13-20(11-18)48-28(36,37)25(34)35)44-24(45)23(33)27(46,29(38,39)40)30(41,42)43/h3-13,15,23,25,46H,14H2,1-2H3,(H,44,45)/t23-,26-/m1/s1. The minimum atomic E-state index is -6.85. The maximum atomic E-state index is 15.3. The Morgan fingerprint density at radius 3 is 1.92 bits per heavy atom. The summed E-state index contributed by atoms with van der Waals surface area (Å²) in [6.07, 6.45) is -30.0. The van der Waals surface area contributed by atoms with Crippen LogP contribution in [0.5, 0.6) is 11.5 Å². The highest BCUT2D eigenvalue weighted by atomic mass is 19.4. The lowest BCUT2D eigenvalue weighted by molar-refractivity contribution is -0.380. The fourth-order valence-electron chi connectivity index (χ4n) is 4.56. The molecular formula is C30H24F13NO4. The highest BCUT2D eigenvalue weighted by molar-refractivity contribution is 5.84. The van der Waals surface area contributed by atoms with Gasteiger partial charge in [0.25, 0.3) is 11.5 Å². The molecule has 0 saturated heterocycles. The largest absolute Gasteiger partial charge is 0.488 e. The second-order valence-corrected chi connectivity index (χ2v) is 10.6. The molecule has 0 saturated carbocycles. The van der Waals surface area contributed by atoms with E-state index in [1.807, 2.05) is 0 Å². The third-order valence-electron chi connectivity index (χ3n) is 6.77. The van der Waals surface area contributed by atoms with Crippen molar-refractivity contribution in [3.63, 3.8) is 0 Å². The van der Waals surface area contributed by atoms with Gasteiger partial charge in [-0.1, -0.05) is 36.4 Å². The van der Waals surface area contributed by atoms with Crippen molar-refractivity contribution < 1.29 is 76.5 Å². The molecule has 48 heavy (non-hydrogen) atoms. The van der Waals surface area contributed by atoms with E-state index in [0.29, 0.717) is 18.2 Å². The topological polar surface area (TPSA) is 67.8 Å². The molecule has 1 amide bonds. The molecule has 0 unspecified atom stereocenters. The number of rotatable bonds is 12. The second kappa shape index (κ2) is 13.7. The van der Waals surface area contributed by atoms with Gasteiger partial charge < -0.3 is 19.9 Å². The highest BCUT2D eigenvalue weighted by Crippen LogP contribution is 2.47. The van der Waals surface area contributed by atoms with E-state index < -0.39 is 94.9 Å². The Bertz CT molecular complexity index is 1570. The lowest BCUT2D eigenvalue weighted by Gasteiger charge is -2.40. The number of nitrogens with one attached hydrogen (secondary N) is 1. The van der Waals surface area contributed by atoms with Crippen molar-refractivity contribution in [2.45, 2.75) is 68.6 Å². The zero-order chi connectivity index (χ0) is 36.5. The van der Waals surface area contributed by atoms with Crippen LogP contribution >= 0.6 is 0 Å². The van der Waals surface area contributed by atoms with Gasteiger partial charge in [-0.15, -0.1) is 0 Å². The first kappa shape index (κ1) is 38.2. The zero-order valence-corrected chi connectivity index (χ0v) is 24.4. The number of ether oxygens (including phenoxy) is 2. The Morgan fingerprint density at radius 1 is 0.812 bits per heavy atom. The van der Waals surface area contributed by atoms with Gasteiger partial charge in [0.2, 0.25) is 6.17 Å². The molecule has 0 radical (unpaired) electrons. The Kier molecular flexibility index (Phi) is 10.9. The van der Waals surface area contributed by atoms with Gasteiger partial charge in [0, 0.05) is 12.5 Å². The van der Waals surface area contributed by atoms with Gasteiger partial charge in [0.05, 0.1) is 11.6 Å². The van der Waals surface area contributed by atoms with Gasteiger partial charge in [-0.25, -0.2) is 13.2 Å². The molecule has 2 atom stereocenters. The van der Waals surface area contributed by atoms with Crippen molar-refractivity contribution in [1.29, 1.82) is 0 Å². The van der Waals surface area contributed by atoms with Crippen molar-refractivity contribution >= 4 is 5.91 Å². The molecule has 0 heterocycles. The molecule has 0 aliphatic carbocycles. The van der Waals surface area contributed by atoms with Crippen molar-refractivity contribution in [3.8, 4) is 11.5 Å². The van der Waals surface area contributed by atoms with Gasteiger partial charge >= 0.3 is 24.9 Å². The van der Waals surface area contributed by atoms with E-state index >= 15 is 4.39 Å². The van der Waals surface area contributed by atoms with E-state index in [4.69, 9.17) is 4.74 Å². The number of hydrogen-bond acceptors (Lipinski definition) is 4. The van der Waals surface area contributed by atoms with Gasteiger partial charge in [-0.2, -0.15) is 43.9 Å². The predicted molar refractivity (Wildman–Crippen MR) is 141 cm³/mol. The summed E-state index contributed by atoms with van der Waals surface area (Å²) in [5, 5.41) is 11.2. The first-order chi connectivity index (χ1) is 21.9. The predicted octanol–water partition coefficient (Wildman–Crippen LogP) is 7.79. The summed E-state index contributed by atoms with van der Waals surface area (Å²) in [6.45, 7) is 2.82. The van der Waals surface area contributed by atoms with Crippen LogP contribution in [-0.4, -0.2) is 53.8 Å². The molecule has 3 aromatic rings. The number of carbonyl (C=O) groups excluding carboxylic acids is 1. The lowest BCUT2D eigenvalue weighted by atomic mass is 9.77. The Hall–Kier alpha value is -4.22. The summed E-state index contributed by atoms with van der Waals surface area (Å²) >= 11 is 0. The minimum absolute atomic E-state index is 0.00963. The molecule has 0 aliphatic heterocycles. The normalized spacial score (nSPS) is 14.9. The lowest BCUT2D eigenvalue weighted by Crippen LogP contribution is -2.67. The fourth-order valence-corrected chi connectivity index (χ4v) is 4.56. The monoisotopic (exact) mass is 709 g/mol. The van der Waals surface area contributed by atoms with Crippen molar-refractivity contribution in [2.75, 3.05) is 0 Å². The number of aliphatic hydroxyl groups is 1. The number of halogens is 13. The summed E-state index contributed by atoms with van der Waals surface area (Å²) in [5.41, 5.74) is -10.6. The Morgan fingerprint density at radius 2 is 1.40 bits per heavy atom. The van der Waals surface area contributed by atoms with Crippen LogP contribution in [0.1, 0.15) is 30.5 Å². The van der Waals surface area contributed by atoms with Crippen LogP contribution in [0, 0.1) is 11.6 Å². The van der Waals surface area contributed by atoms with Gasteiger partial charge in [-0.05, 0) is 54.8 Å². The molecular weight excluding hydrogens is 685 g/mol. The maximum absolute atomic E-state index is 15.3. The molecule has 18 heteroatoms. The molecule has 0 aliphatic rings. The Balaban J connectivity index is 2.43. The Labute approximate surface area is 263 Å². The van der Waals surface area contributed by atoms with E-state index in [9.17, 15) is 62.6 Å². The first-order valence-corrected chi connectivity index (χ1v) is 13.4. The highest BCUT2D eigenvalue weighted by Gasteiger charge is 2.76. The van der Waals surface area contributed by atoms with Crippen LogP contribution in [0.15, 0.2) is 66.7 Å². The smallest absolute Gasteiger partial charge is 0.461 e. The molecule has 264 valence electrons. The van der Waals surface area contributed by atoms with Crippen LogP contribution in [-0.2, 0) is 16.8 Å². The summed E-state index contributed by atoms with van der Waals surface area (Å²) in [4.78, 5) is 13.2. The van der Waals surface area contributed by atoms with Gasteiger partial charge in [0.15, 0.2) is 11.6 Å². The average Bonchev–Trinajstić information content (AvgIpc) is 2.95. The van der Waals surface area contributed by atoms with Crippen molar-refractivity contribution in [3.05, 3.63) is 95.1 Å². The van der Waals surface area contributed by atoms with Crippen LogP contribution in [0.2, 0.25) is 0 Å². The van der Waals surface area contributed by atoms with E-state index in [1.165, 1.54) is 44.2 Å². The summed E-state index contributed by atoms with van der Waals surface area (Å²) < 4.78 is 189.